The van der Waals surface area contributed by atoms with E-state index in [0.717, 1.165) is 21.5 Å². The Hall–Kier alpha value is -2.86. The zero-order valence-electron chi connectivity index (χ0n) is 20.7. The number of morpholine rings is 1. The molecular formula is C25H28ClN5O5S. The molecule has 5 heterocycles. The molecule has 6 rings (SSSR count). The van der Waals surface area contributed by atoms with Crippen molar-refractivity contribution in [2.24, 2.45) is 17.3 Å². The largest absolute Gasteiger partial charge is 0.374 e. The Morgan fingerprint density at radius 2 is 2.00 bits per heavy atom. The summed E-state index contributed by atoms with van der Waals surface area (Å²) in [7, 11) is 0. The van der Waals surface area contributed by atoms with E-state index >= 15 is 0 Å². The predicted molar refractivity (Wildman–Crippen MR) is 141 cm³/mol. The van der Waals surface area contributed by atoms with E-state index in [1.807, 2.05) is 30.5 Å². The molecule has 0 radical (unpaired) electrons. The number of carbonyl (C=O) groups excluding carboxylic acids is 2. The van der Waals surface area contributed by atoms with Crippen LogP contribution in [-0.4, -0.2) is 57.0 Å². The van der Waals surface area contributed by atoms with E-state index in [1.165, 1.54) is 16.2 Å². The van der Waals surface area contributed by atoms with E-state index in [1.54, 1.807) is 19.2 Å². The van der Waals surface area contributed by atoms with Crippen molar-refractivity contribution in [2.45, 2.75) is 40.0 Å². The van der Waals surface area contributed by atoms with Crippen LogP contribution in [0.4, 0.5) is 5.69 Å². The molecule has 3 aromatic rings. The quantitative estimate of drug-likeness (QED) is 0.286. The molecule has 3 aromatic heterocycles. The molecule has 12 heteroatoms. The van der Waals surface area contributed by atoms with Gasteiger partial charge in [-0.05, 0) is 29.9 Å². The number of hydrogen-bond acceptors (Lipinski definition) is 8. The van der Waals surface area contributed by atoms with E-state index in [-0.39, 0.29) is 64.7 Å². The fraction of sp³-hybridized carbons (Fsp3) is 0.480. The second-order valence-electron chi connectivity index (χ2n) is 10.4. The van der Waals surface area contributed by atoms with Crippen LogP contribution in [0.2, 0.25) is 0 Å². The fourth-order valence-electron chi connectivity index (χ4n) is 5.78. The highest BCUT2D eigenvalue weighted by Crippen LogP contribution is 2.63. The van der Waals surface area contributed by atoms with Gasteiger partial charge in [0.2, 0.25) is 11.8 Å². The molecule has 3 aliphatic rings. The maximum absolute atomic E-state index is 12.8. The van der Waals surface area contributed by atoms with Crippen molar-refractivity contribution >= 4 is 51.3 Å². The maximum Gasteiger partial charge on any atom is 0.290 e. The number of pyridine rings is 1. The standard InChI is InChI=1S/C25H27N5O5S.ClH/c1-13-17(30(33)34)9-18(28(13)11-15-10-26-6-7-35-15)21-22-14(4-5-27-21)8-16(36-22)12-29-23(31)19-20(24(29)32)25(19,2)3;/h4-5,8-9,15,19-20,26H,6-7,10-12H2,1-3H3;1H. The highest BCUT2D eigenvalue weighted by Gasteiger charge is 2.72. The third-order valence-electron chi connectivity index (χ3n) is 7.86. The highest BCUT2D eigenvalue weighted by atomic mass is 35.5. The van der Waals surface area contributed by atoms with Crippen molar-refractivity contribution in [3.05, 3.63) is 45.1 Å². The summed E-state index contributed by atoms with van der Waals surface area (Å²) >= 11 is 1.47. The summed E-state index contributed by atoms with van der Waals surface area (Å²) in [5, 5.41) is 16.0. The average Bonchev–Trinajstić information content (AvgIpc) is 3.14. The van der Waals surface area contributed by atoms with Crippen LogP contribution < -0.4 is 5.32 Å². The lowest BCUT2D eigenvalue weighted by Gasteiger charge is -2.25. The summed E-state index contributed by atoms with van der Waals surface area (Å²) < 4.78 is 8.66. The van der Waals surface area contributed by atoms with E-state index in [0.29, 0.717) is 36.8 Å². The molecule has 0 spiro atoms. The van der Waals surface area contributed by atoms with Crippen molar-refractivity contribution < 1.29 is 19.2 Å². The molecule has 10 nitrogen and oxygen atoms in total. The minimum atomic E-state index is -0.368. The maximum atomic E-state index is 12.8. The first-order valence-electron chi connectivity index (χ1n) is 12.1. The summed E-state index contributed by atoms with van der Waals surface area (Å²) in [6.07, 6.45) is 1.58. The molecule has 3 atom stereocenters. The van der Waals surface area contributed by atoms with Gasteiger partial charge in [0.25, 0.3) is 5.69 Å². The molecule has 2 saturated heterocycles. The van der Waals surface area contributed by atoms with Gasteiger partial charge in [-0.3, -0.25) is 29.6 Å². The SMILES string of the molecule is Cc1c([N+](=O)[O-])cc(-c2nccc3cc(CN4C(=O)C5C(C4=O)C5(C)C)sc23)n1CC1CNCCO1.Cl. The molecule has 196 valence electrons. The number of carbonyl (C=O) groups is 2. The lowest BCUT2D eigenvalue weighted by Crippen LogP contribution is -2.41. The van der Waals surface area contributed by atoms with Gasteiger partial charge in [-0.25, -0.2) is 0 Å². The number of halogens is 1. The normalized spacial score (nSPS) is 24.3. The summed E-state index contributed by atoms with van der Waals surface area (Å²) in [5.74, 6) is -0.598. The van der Waals surface area contributed by atoms with Gasteiger partial charge in [-0.1, -0.05) is 13.8 Å². The molecular weight excluding hydrogens is 518 g/mol. The van der Waals surface area contributed by atoms with Gasteiger partial charge in [0, 0.05) is 30.2 Å². The van der Waals surface area contributed by atoms with Crippen molar-refractivity contribution in [2.75, 3.05) is 19.7 Å². The number of thiophene rings is 1. The Morgan fingerprint density at radius 3 is 2.65 bits per heavy atom. The lowest BCUT2D eigenvalue weighted by atomic mass is 10.1. The number of fused-ring (bicyclic) bond motifs is 2. The molecule has 2 aliphatic heterocycles. The van der Waals surface area contributed by atoms with Crippen molar-refractivity contribution in [3.63, 3.8) is 0 Å². The summed E-state index contributed by atoms with van der Waals surface area (Å²) in [6, 6.07) is 5.44. The molecule has 3 fully saturated rings. The number of ether oxygens (including phenoxy) is 1. The van der Waals surface area contributed by atoms with E-state index in [4.69, 9.17) is 4.74 Å². The molecule has 1 N–H and O–H groups in total. The average molecular weight is 546 g/mol. The number of likely N-dealkylation sites (tertiary alicyclic amines) is 1. The zero-order chi connectivity index (χ0) is 25.4. The number of amides is 2. The molecule has 37 heavy (non-hydrogen) atoms. The second-order valence-corrected chi connectivity index (χ2v) is 11.5. The van der Waals surface area contributed by atoms with E-state index in [2.05, 4.69) is 10.3 Å². The number of nitrogens with zero attached hydrogens (tertiary/aromatic N) is 4. The Bertz CT molecular complexity index is 1400. The number of imide groups is 1. The van der Waals surface area contributed by atoms with Crippen molar-refractivity contribution in [1.29, 1.82) is 0 Å². The van der Waals surface area contributed by atoms with Crippen LogP contribution in [-0.2, 0) is 27.4 Å². The van der Waals surface area contributed by atoms with E-state index in [9.17, 15) is 19.7 Å². The van der Waals surface area contributed by atoms with Crippen LogP contribution in [0.3, 0.4) is 0 Å². The van der Waals surface area contributed by atoms with Crippen molar-refractivity contribution in [1.82, 2.24) is 19.8 Å². The van der Waals surface area contributed by atoms with Crippen molar-refractivity contribution in [3.8, 4) is 11.4 Å². The molecule has 2 amide bonds. The predicted octanol–water partition coefficient (Wildman–Crippen LogP) is 3.53. The van der Waals surface area contributed by atoms with Gasteiger partial charge in [-0.2, -0.15) is 0 Å². The van der Waals surface area contributed by atoms with Crippen LogP contribution in [0, 0.1) is 34.3 Å². The van der Waals surface area contributed by atoms with Gasteiger partial charge in [-0.15, -0.1) is 23.7 Å². The third-order valence-corrected chi connectivity index (χ3v) is 9.00. The van der Waals surface area contributed by atoms with Crippen LogP contribution >= 0.6 is 23.7 Å². The number of rotatable bonds is 6. The number of aromatic nitrogens is 2. The number of hydrogen-bond donors (Lipinski definition) is 1. The molecule has 1 saturated carbocycles. The Kier molecular flexibility index (Phi) is 6.38. The first kappa shape index (κ1) is 25.8. The number of nitro groups is 1. The smallest absolute Gasteiger partial charge is 0.290 e. The Morgan fingerprint density at radius 1 is 1.27 bits per heavy atom. The van der Waals surface area contributed by atoms with Gasteiger partial charge in [0.15, 0.2) is 0 Å². The zero-order valence-corrected chi connectivity index (χ0v) is 22.4. The summed E-state index contributed by atoms with van der Waals surface area (Å²) in [5.41, 5.74) is 1.65. The fourth-order valence-corrected chi connectivity index (χ4v) is 6.92. The second kappa shape index (κ2) is 9.16. The van der Waals surface area contributed by atoms with Crippen LogP contribution in [0.25, 0.3) is 21.5 Å². The molecule has 3 unspecified atom stereocenters. The first-order chi connectivity index (χ1) is 17.2. The molecule has 0 aromatic carbocycles. The summed E-state index contributed by atoms with van der Waals surface area (Å²) in [6.45, 7) is 8.44. The van der Waals surface area contributed by atoms with Gasteiger partial charge < -0.3 is 14.6 Å². The Balaban J connectivity index is 0.00000280. The number of piperidine rings is 1. The topological polar surface area (TPSA) is 120 Å². The first-order valence-corrected chi connectivity index (χ1v) is 12.9. The molecule has 1 aliphatic carbocycles. The summed E-state index contributed by atoms with van der Waals surface area (Å²) in [4.78, 5) is 43.9. The Labute approximate surface area is 223 Å². The van der Waals surface area contributed by atoms with Crippen LogP contribution in [0.1, 0.15) is 24.4 Å². The van der Waals surface area contributed by atoms with E-state index < -0.39 is 0 Å². The third kappa shape index (κ3) is 4.04. The lowest BCUT2D eigenvalue weighted by molar-refractivity contribution is -0.385. The highest BCUT2D eigenvalue weighted by molar-refractivity contribution is 7.19. The van der Waals surface area contributed by atoms with Gasteiger partial charge in [0.05, 0.1) is 58.6 Å². The van der Waals surface area contributed by atoms with Gasteiger partial charge in [0.1, 0.15) is 5.69 Å². The molecule has 0 bridgehead atoms. The monoisotopic (exact) mass is 545 g/mol. The van der Waals surface area contributed by atoms with Crippen LogP contribution in [0.15, 0.2) is 24.4 Å². The minimum absolute atomic E-state index is 0. The van der Waals surface area contributed by atoms with Gasteiger partial charge >= 0.3 is 0 Å². The number of nitrogens with one attached hydrogen (secondary N) is 1. The minimum Gasteiger partial charge on any atom is -0.374 e. The van der Waals surface area contributed by atoms with Crippen LogP contribution in [0.5, 0.6) is 0 Å².